The van der Waals surface area contributed by atoms with E-state index < -0.39 is 0 Å². The summed E-state index contributed by atoms with van der Waals surface area (Å²) in [7, 11) is 0. The predicted molar refractivity (Wildman–Crippen MR) is 58.6 cm³/mol. The predicted octanol–water partition coefficient (Wildman–Crippen LogP) is 1.10. The summed E-state index contributed by atoms with van der Waals surface area (Å²) in [6.07, 6.45) is -0.379. The molecule has 3 atom stereocenters. The molecule has 1 saturated heterocycles. The second kappa shape index (κ2) is 4.75. The number of rotatable bonds is 3. The first-order chi connectivity index (χ1) is 7.27. The largest absolute Gasteiger partial charge is 0.389 e. The van der Waals surface area contributed by atoms with Gasteiger partial charge >= 0.3 is 0 Å². The number of benzene rings is 1. The van der Waals surface area contributed by atoms with Crippen molar-refractivity contribution in [3.63, 3.8) is 0 Å². The highest BCUT2D eigenvalue weighted by Gasteiger charge is 2.27. The molecule has 1 aromatic carbocycles. The third-order valence-electron chi connectivity index (χ3n) is 2.81. The minimum absolute atomic E-state index is 0.0557. The smallest absolute Gasteiger partial charge is 0.0948 e. The lowest BCUT2D eigenvalue weighted by molar-refractivity contribution is 0.121. The fourth-order valence-corrected chi connectivity index (χ4v) is 1.86. The third-order valence-corrected chi connectivity index (χ3v) is 2.81. The minimum atomic E-state index is -0.379. The van der Waals surface area contributed by atoms with Gasteiger partial charge in [0.05, 0.1) is 25.4 Å². The van der Waals surface area contributed by atoms with Crippen LogP contribution in [0.1, 0.15) is 18.5 Å². The summed E-state index contributed by atoms with van der Waals surface area (Å²) in [6.45, 7) is 3.14. The Bertz CT molecular complexity index is 302. The first-order valence-corrected chi connectivity index (χ1v) is 5.34. The Morgan fingerprint density at radius 3 is 2.67 bits per heavy atom. The Morgan fingerprint density at radius 2 is 2.07 bits per heavy atom. The number of hydrogen-bond donors (Lipinski definition) is 2. The molecule has 1 fully saturated rings. The fraction of sp³-hybridized carbons (Fsp3) is 0.500. The summed E-state index contributed by atoms with van der Waals surface area (Å²) in [5, 5.41) is 13.0. The lowest BCUT2D eigenvalue weighted by Gasteiger charge is -2.20. The number of aliphatic hydroxyl groups excluding tert-OH is 1. The molecular weight excluding hydrogens is 190 g/mol. The molecule has 15 heavy (non-hydrogen) atoms. The van der Waals surface area contributed by atoms with Crippen LogP contribution in [-0.4, -0.2) is 30.5 Å². The van der Waals surface area contributed by atoms with Crippen molar-refractivity contribution in [1.29, 1.82) is 0 Å². The van der Waals surface area contributed by atoms with Crippen molar-refractivity contribution in [2.45, 2.75) is 25.1 Å². The van der Waals surface area contributed by atoms with Crippen molar-refractivity contribution < 1.29 is 9.84 Å². The monoisotopic (exact) mass is 207 g/mol. The molecule has 0 unspecified atom stereocenters. The summed E-state index contributed by atoms with van der Waals surface area (Å²) in [6, 6.07) is 10.5. The van der Waals surface area contributed by atoms with Crippen LogP contribution < -0.4 is 5.32 Å². The van der Waals surface area contributed by atoms with Crippen molar-refractivity contribution in [3.8, 4) is 0 Å². The van der Waals surface area contributed by atoms with Crippen molar-refractivity contribution in [1.82, 2.24) is 5.32 Å². The molecule has 1 aliphatic heterocycles. The summed E-state index contributed by atoms with van der Waals surface area (Å²) in [5.41, 5.74) is 1.23. The van der Waals surface area contributed by atoms with Gasteiger partial charge in [-0.15, -0.1) is 0 Å². The summed E-state index contributed by atoms with van der Waals surface area (Å²) < 4.78 is 5.19. The zero-order valence-electron chi connectivity index (χ0n) is 8.89. The van der Waals surface area contributed by atoms with E-state index in [1.54, 1.807) is 0 Å². The second-order valence-corrected chi connectivity index (χ2v) is 4.01. The fourth-order valence-electron chi connectivity index (χ4n) is 1.86. The highest BCUT2D eigenvalue weighted by molar-refractivity contribution is 5.18. The van der Waals surface area contributed by atoms with Crippen molar-refractivity contribution in [2.75, 3.05) is 13.2 Å². The van der Waals surface area contributed by atoms with Crippen molar-refractivity contribution in [2.24, 2.45) is 0 Å². The maximum Gasteiger partial charge on any atom is 0.0948 e. The minimum Gasteiger partial charge on any atom is -0.389 e. The molecule has 0 bridgehead atoms. The average Bonchev–Trinajstić information content (AvgIpc) is 2.66. The van der Waals surface area contributed by atoms with E-state index in [2.05, 4.69) is 24.4 Å². The molecule has 0 aromatic heterocycles. The van der Waals surface area contributed by atoms with E-state index in [0.29, 0.717) is 13.2 Å². The van der Waals surface area contributed by atoms with Gasteiger partial charge in [-0.25, -0.2) is 0 Å². The highest BCUT2D eigenvalue weighted by Crippen LogP contribution is 2.15. The van der Waals surface area contributed by atoms with Crippen LogP contribution in [-0.2, 0) is 4.74 Å². The van der Waals surface area contributed by atoms with Crippen LogP contribution in [0.2, 0.25) is 0 Å². The van der Waals surface area contributed by atoms with Crippen molar-refractivity contribution in [3.05, 3.63) is 35.9 Å². The first kappa shape index (κ1) is 10.6. The average molecular weight is 207 g/mol. The van der Waals surface area contributed by atoms with Crippen molar-refractivity contribution >= 4 is 0 Å². The van der Waals surface area contributed by atoms with Gasteiger partial charge in [0, 0.05) is 6.04 Å². The van der Waals surface area contributed by atoms with E-state index in [9.17, 15) is 5.11 Å². The SMILES string of the molecule is C[C@H](N[C@@H]1COC[C@H]1O)c1ccccc1. The molecule has 0 saturated carbocycles. The molecule has 1 aromatic rings. The molecule has 0 spiro atoms. The van der Waals surface area contributed by atoms with Gasteiger partial charge in [-0.05, 0) is 12.5 Å². The molecular formula is C12H17NO2. The van der Waals surface area contributed by atoms with Crippen LogP contribution >= 0.6 is 0 Å². The van der Waals surface area contributed by atoms with Gasteiger partial charge < -0.3 is 15.2 Å². The number of aliphatic hydroxyl groups is 1. The normalized spacial score (nSPS) is 27.9. The van der Waals surface area contributed by atoms with Gasteiger partial charge in [0.2, 0.25) is 0 Å². The molecule has 1 heterocycles. The van der Waals surface area contributed by atoms with E-state index in [0.717, 1.165) is 0 Å². The van der Waals surface area contributed by atoms with E-state index in [-0.39, 0.29) is 18.2 Å². The Morgan fingerprint density at radius 1 is 1.33 bits per heavy atom. The zero-order chi connectivity index (χ0) is 10.7. The Hall–Kier alpha value is -0.900. The summed E-state index contributed by atoms with van der Waals surface area (Å²) >= 11 is 0. The lowest BCUT2D eigenvalue weighted by atomic mass is 10.1. The van der Waals surface area contributed by atoms with Gasteiger partial charge in [-0.3, -0.25) is 0 Å². The third kappa shape index (κ3) is 2.56. The maximum atomic E-state index is 9.60. The van der Waals surface area contributed by atoms with Crippen LogP contribution in [0.15, 0.2) is 30.3 Å². The first-order valence-electron chi connectivity index (χ1n) is 5.34. The molecule has 0 aliphatic carbocycles. The molecule has 1 aliphatic rings. The summed E-state index contributed by atoms with van der Waals surface area (Å²) in [4.78, 5) is 0. The molecule has 2 N–H and O–H groups in total. The maximum absolute atomic E-state index is 9.60. The van der Waals surface area contributed by atoms with Crippen LogP contribution in [0.4, 0.5) is 0 Å². The second-order valence-electron chi connectivity index (χ2n) is 4.01. The molecule has 3 heteroatoms. The van der Waals surface area contributed by atoms with Crippen LogP contribution in [0.25, 0.3) is 0 Å². The van der Waals surface area contributed by atoms with Gasteiger partial charge in [0.25, 0.3) is 0 Å². The topological polar surface area (TPSA) is 41.5 Å². The highest BCUT2D eigenvalue weighted by atomic mass is 16.5. The van der Waals surface area contributed by atoms with E-state index in [1.807, 2.05) is 18.2 Å². The summed E-state index contributed by atoms with van der Waals surface area (Å²) in [5.74, 6) is 0. The van der Waals surface area contributed by atoms with Gasteiger partial charge in [0.15, 0.2) is 0 Å². The van der Waals surface area contributed by atoms with Crippen LogP contribution in [0.5, 0.6) is 0 Å². The van der Waals surface area contributed by atoms with E-state index in [1.165, 1.54) is 5.56 Å². The standard InChI is InChI=1S/C12H17NO2/c1-9(10-5-3-2-4-6-10)13-11-7-15-8-12(11)14/h2-6,9,11-14H,7-8H2,1H3/t9-,11+,12+/m0/s1. The van der Waals surface area contributed by atoms with Gasteiger partial charge in [-0.2, -0.15) is 0 Å². The quantitative estimate of drug-likeness (QED) is 0.779. The zero-order valence-corrected chi connectivity index (χ0v) is 8.89. The number of hydrogen-bond acceptors (Lipinski definition) is 3. The lowest BCUT2D eigenvalue weighted by Crippen LogP contribution is -2.40. The van der Waals surface area contributed by atoms with Gasteiger partial charge in [-0.1, -0.05) is 30.3 Å². The van der Waals surface area contributed by atoms with Gasteiger partial charge in [0.1, 0.15) is 0 Å². The molecule has 3 nitrogen and oxygen atoms in total. The molecule has 2 rings (SSSR count). The molecule has 0 amide bonds. The van der Waals surface area contributed by atoms with E-state index in [4.69, 9.17) is 4.74 Å². The van der Waals surface area contributed by atoms with Crippen LogP contribution in [0.3, 0.4) is 0 Å². The Balaban J connectivity index is 1.95. The number of nitrogens with one attached hydrogen (secondary N) is 1. The molecule has 0 radical (unpaired) electrons. The number of ether oxygens (including phenoxy) is 1. The van der Waals surface area contributed by atoms with Crippen LogP contribution in [0, 0.1) is 0 Å². The van der Waals surface area contributed by atoms with E-state index >= 15 is 0 Å². The Kier molecular flexibility index (Phi) is 3.36. The Labute approximate surface area is 90.1 Å². The molecule has 82 valence electrons.